The molecule has 1 heterocycles. The molecule has 1 N–H and O–H groups in total. The van der Waals surface area contributed by atoms with Crippen LogP contribution in [0.5, 0.6) is 5.75 Å². The molecule has 3 rings (SSSR count). The molecule has 0 bridgehead atoms. The molecular weight excluding hydrogens is 238 g/mol. The minimum Gasteiger partial charge on any atom is -0.496 e. The van der Waals surface area contributed by atoms with Gasteiger partial charge in [-0.2, -0.15) is 15.4 Å². The third kappa shape index (κ3) is 1.68. The van der Waals surface area contributed by atoms with Gasteiger partial charge in [0, 0.05) is 0 Å². The molecular formula is C15H15N3O. The predicted molar refractivity (Wildman–Crippen MR) is 75.4 cm³/mol. The van der Waals surface area contributed by atoms with Gasteiger partial charge in [0.2, 0.25) is 0 Å². The van der Waals surface area contributed by atoms with Crippen molar-refractivity contribution in [1.82, 2.24) is 15.4 Å². The highest BCUT2D eigenvalue weighted by Gasteiger charge is 2.19. The van der Waals surface area contributed by atoms with Crippen molar-refractivity contribution in [3.63, 3.8) is 0 Å². The SMILES string of the molecule is COc1c(C)c(C)c2n[nH]nc2c1-c1ccccc1. The Morgan fingerprint density at radius 1 is 0.947 bits per heavy atom. The molecule has 0 unspecified atom stereocenters. The highest BCUT2D eigenvalue weighted by atomic mass is 16.5. The summed E-state index contributed by atoms with van der Waals surface area (Å²) in [5.74, 6) is 0.866. The van der Waals surface area contributed by atoms with Gasteiger partial charge in [0.25, 0.3) is 0 Å². The maximum Gasteiger partial charge on any atom is 0.132 e. The average Bonchev–Trinajstić information content (AvgIpc) is 2.92. The number of aromatic nitrogens is 3. The van der Waals surface area contributed by atoms with E-state index in [1.54, 1.807) is 7.11 Å². The molecule has 4 nitrogen and oxygen atoms in total. The molecule has 3 aromatic rings. The number of aryl methyl sites for hydroxylation is 1. The largest absolute Gasteiger partial charge is 0.496 e. The lowest BCUT2D eigenvalue weighted by Crippen LogP contribution is -1.96. The molecule has 2 aromatic carbocycles. The minimum absolute atomic E-state index is 0.853. The van der Waals surface area contributed by atoms with Crippen LogP contribution in [0.4, 0.5) is 0 Å². The van der Waals surface area contributed by atoms with Crippen molar-refractivity contribution in [2.24, 2.45) is 0 Å². The lowest BCUT2D eigenvalue weighted by Gasteiger charge is -2.14. The average molecular weight is 253 g/mol. The first kappa shape index (κ1) is 11.7. The molecule has 0 aliphatic rings. The molecule has 0 saturated carbocycles. The van der Waals surface area contributed by atoms with E-state index in [1.165, 1.54) is 0 Å². The van der Waals surface area contributed by atoms with E-state index in [0.717, 1.165) is 39.0 Å². The highest BCUT2D eigenvalue weighted by molar-refractivity contribution is 5.98. The lowest BCUT2D eigenvalue weighted by molar-refractivity contribution is 0.413. The molecule has 96 valence electrons. The molecule has 0 fully saturated rings. The zero-order valence-electron chi connectivity index (χ0n) is 11.2. The van der Waals surface area contributed by atoms with E-state index in [1.807, 2.05) is 25.1 Å². The first-order chi connectivity index (χ1) is 9.24. The van der Waals surface area contributed by atoms with Crippen LogP contribution in [-0.4, -0.2) is 22.5 Å². The molecule has 0 aliphatic heterocycles. The van der Waals surface area contributed by atoms with Crippen molar-refractivity contribution < 1.29 is 4.74 Å². The summed E-state index contributed by atoms with van der Waals surface area (Å²) >= 11 is 0. The highest BCUT2D eigenvalue weighted by Crippen LogP contribution is 2.40. The quantitative estimate of drug-likeness (QED) is 0.762. The van der Waals surface area contributed by atoms with Crippen molar-refractivity contribution in [3.05, 3.63) is 41.5 Å². The van der Waals surface area contributed by atoms with Crippen LogP contribution < -0.4 is 4.74 Å². The number of H-pyrrole nitrogens is 1. The molecule has 1 aromatic heterocycles. The Balaban J connectivity index is 2.46. The zero-order chi connectivity index (χ0) is 13.4. The van der Waals surface area contributed by atoms with Crippen molar-refractivity contribution in [2.75, 3.05) is 7.11 Å². The summed E-state index contributed by atoms with van der Waals surface area (Å²) in [4.78, 5) is 0. The summed E-state index contributed by atoms with van der Waals surface area (Å²) in [6.45, 7) is 4.09. The van der Waals surface area contributed by atoms with Crippen molar-refractivity contribution >= 4 is 11.0 Å². The topological polar surface area (TPSA) is 50.8 Å². The number of fused-ring (bicyclic) bond motifs is 1. The van der Waals surface area contributed by atoms with E-state index in [4.69, 9.17) is 4.74 Å². The monoisotopic (exact) mass is 253 g/mol. The minimum atomic E-state index is 0.853. The number of hydrogen-bond donors (Lipinski definition) is 1. The molecule has 0 atom stereocenters. The number of methoxy groups -OCH3 is 1. The van der Waals surface area contributed by atoms with Crippen LogP contribution in [0.3, 0.4) is 0 Å². The number of ether oxygens (including phenoxy) is 1. The van der Waals surface area contributed by atoms with Crippen LogP contribution >= 0.6 is 0 Å². The van der Waals surface area contributed by atoms with Gasteiger partial charge < -0.3 is 4.74 Å². The predicted octanol–water partition coefficient (Wildman–Crippen LogP) is 3.25. The maximum absolute atomic E-state index is 5.61. The smallest absolute Gasteiger partial charge is 0.132 e. The lowest BCUT2D eigenvalue weighted by atomic mass is 9.96. The molecule has 0 radical (unpaired) electrons. The number of hydrogen-bond acceptors (Lipinski definition) is 3. The molecule has 4 heteroatoms. The summed E-state index contributed by atoms with van der Waals surface area (Å²) in [5.41, 5.74) is 6.03. The standard InChI is InChI=1S/C15H15N3O/c1-9-10(2)15(19-3)12(11-7-5-4-6-8-11)14-13(9)16-18-17-14/h4-8H,1-3H3,(H,16,17,18). The van der Waals surface area contributed by atoms with Gasteiger partial charge in [-0.25, -0.2) is 0 Å². The fourth-order valence-corrected chi connectivity index (χ4v) is 2.44. The van der Waals surface area contributed by atoms with Crippen molar-refractivity contribution in [1.29, 1.82) is 0 Å². The van der Waals surface area contributed by atoms with Crippen LogP contribution in [0, 0.1) is 13.8 Å². The number of nitrogens with one attached hydrogen (secondary N) is 1. The van der Waals surface area contributed by atoms with Gasteiger partial charge in [0.05, 0.1) is 12.7 Å². The van der Waals surface area contributed by atoms with Crippen LogP contribution in [0.1, 0.15) is 11.1 Å². The van der Waals surface area contributed by atoms with Crippen LogP contribution in [0.2, 0.25) is 0 Å². The summed E-state index contributed by atoms with van der Waals surface area (Å²) in [5, 5.41) is 11.3. The first-order valence-electron chi connectivity index (χ1n) is 6.17. The van der Waals surface area contributed by atoms with Crippen LogP contribution in [0.25, 0.3) is 22.2 Å². The Kier molecular flexibility index (Phi) is 2.71. The van der Waals surface area contributed by atoms with Crippen LogP contribution in [0.15, 0.2) is 30.3 Å². The van der Waals surface area contributed by atoms with Gasteiger partial charge in [-0.1, -0.05) is 30.3 Å². The van der Waals surface area contributed by atoms with Crippen molar-refractivity contribution in [3.8, 4) is 16.9 Å². The van der Waals surface area contributed by atoms with E-state index in [-0.39, 0.29) is 0 Å². The van der Waals surface area contributed by atoms with Gasteiger partial charge in [-0.05, 0) is 30.5 Å². The number of rotatable bonds is 2. The number of benzene rings is 2. The Morgan fingerprint density at radius 2 is 1.63 bits per heavy atom. The normalized spacial score (nSPS) is 10.9. The number of nitrogens with zero attached hydrogens (tertiary/aromatic N) is 2. The summed E-state index contributed by atoms with van der Waals surface area (Å²) in [6, 6.07) is 10.1. The molecule has 19 heavy (non-hydrogen) atoms. The van der Waals surface area contributed by atoms with Gasteiger partial charge in [-0.3, -0.25) is 0 Å². The Bertz CT molecular complexity index is 732. The van der Waals surface area contributed by atoms with E-state index >= 15 is 0 Å². The zero-order valence-corrected chi connectivity index (χ0v) is 11.2. The van der Waals surface area contributed by atoms with Gasteiger partial charge in [0.1, 0.15) is 16.8 Å². The Morgan fingerprint density at radius 3 is 2.32 bits per heavy atom. The van der Waals surface area contributed by atoms with E-state index in [2.05, 4.69) is 34.5 Å². The van der Waals surface area contributed by atoms with Crippen LogP contribution in [-0.2, 0) is 0 Å². The Hall–Kier alpha value is -2.36. The summed E-state index contributed by atoms with van der Waals surface area (Å²) in [6.07, 6.45) is 0. The third-order valence-corrected chi connectivity index (χ3v) is 3.54. The van der Waals surface area contributed by atoms with Gasteiger partial charge >= 0.3 is 0 Å². The molecule has 0 saturated heterocycles. The van der Waals surface area contributed by atoms with Crippen molar-refractivity contribution in [2.45, 2.75) is 13.8 Å². The second-order valence-corrected chi connectivity index (χ2v) is 4.55. The maximum atomic E-state index is 5.61. The molecule has 0 aliphatic carbocycles. The van der Waals surface area contributed by atoms with E-state index in [0.29, 0.717) is 0 Å². The molecule has 0 spiro atoms. The summed E-state index contributed by atoms with van der Waals surface area (Å²) < 4.78 is 5.61. The first-order valence-corrected chi connectivity index (χ1v) is 6.17. The third-order valence-electron chi connectivity index (χ3n) is 3.54. The second-order valence-electron chi connectivity index (χ2n) is 4.55. The fourth-order valence-electron chi connectivity index (χ4n) is 2.44. The number of aromatic amines is 1. The van der Waals surface area contributed by atoms with E-state index < -0.39 is 0 Å². The fraction of sp³-hybridized carbons (Fsp3) is 0.200. The molecule has 0 amide bonds. The summed E-state index contributed by atoms with van der Waals surface area (Å²) in [7, 11) is 1.69. The van der Waals surface area contributed by atoms with E-state index in [9.17, 15) is 0 Å². The van der Waals surface area contributed by atoms with Gasteiger partial charge in [-0.15, -0.1) is 0 Å². The Labute approximate surface area is 111 Å². The van der Waals surface area contributed by atoms with Gasteiger partial charge in [0.15, 0.2) is 0 Å². The second kappa shape index (κ2) is 4.39.